The van der Waals surface area contributed by atoms with Gasteiger partial charge in [-0.1, -0.05) is 24.3 Å². The topological polar surface area (TPSA) is 279 Å². The molecule has 0 fully saturated rings. The third-order valence-corrected chi connectivity index (χ3v) is 12.5. The molecule has 0 saturated heterocycles. The summed E-state index contributed by atoms with van der Waals surface area (Å²) >= 11 is 0.586. The van der Waals surface area contributed by atoms with Crippen molar-refractivity contribution in [1.29, 1.82) is 0 Å². The number of aromatic carboxylic acids is 1. The summed E-state index contributed by atoms with van der Waals surface area (Å²) in [4.78, 5) is 19.0. The Labute approximate surface area is 347 Å². The van der Waals surface area contributed by atoms with Gasteiger partial charge in [0.25, 0.3) is 0 Å². The molecular weight excluding hydrogens is 881 g/mol. The van der Waals surface area contributed by atoms with E-state index in [1.807, 2.05) is 24.0 Å². The lowest BCUT2D eigenvalue weighted by Gasteiger charge is -2.25. The van der Waals surface area contributed by atoms with E-state index in [1.54, 1.807) is 72.3 Å². The van der Waals surface area contributed by atoms with Crippen LogP contribution >= 0.6 is 12.9 Å². The molecule has 320 valence electrons. The summed E-state index contributed by atoms with van der Waals surface area (Å²) in [5, 5.41) is 19.8. The fourth-order valence-corrected chi connectivity index (χ4v) is 8.56. The largest absolute Gasteiger partial charge is 0.750 e. The van der Waals surface area contributed by atoms with Crippen LogP contribution < -0.4 is 20.1 Å². The smallest absolute Gasteiger partial charge is 0.397 e. The lowest BCUT2D eigenvalue weighted by atomic mass is 9.90. The molecule has 0 aromatic heterocycles. The highest BCUT2D eigenvalue weighted by Gasteiger charge is 2.24. The molecule has 24 heteroatoms. The van der Waals surface area contributed by atoms with E-state index in [0.717, 1.165) is 0 Å². The molecule has 3 aromatic carbocycles. The van der Waals surface area contributed by atoms with E-state index >= 15 is 0 Å². The van der Waals surface area contributed by atoms with E-state index in [0.29, 0.717) is 56.7 Å². The maximum absolute atomic E-state index is 13.0. The fourth-order valence-electron chi connectivity index (χ4n) is 5.88. The highest BCUT2D eigenvalue weighted by atomic mass is 32.3. The van der Waals surface area contributed by atoms with Crippen LogP contribution in [0.25, 0.3) is 33.4 Å². The van der Waals surface area contributed by atoms with Gasteiger partial charge in [0.2, 0.25) is 5.36 Å². The Bertz CT molecular complexity index is 2690. The number of carbonyl (C=O) groups is 1. The van der Waals surface area contributed by atoms with Crippen LogP contribution in [0.5, 0.6) is 0 Å². The van der Waals surface area contributed by atoms with E-state index < -0.39 is 59.8 Å². The van der Waals surface area contributed by atoms with Gasteiger partial charge in [0.1, 0.15) is 24.1 Å². The average molecular weight is 918 g/mol. The van der Waals surface area contributed by atoms with Crippen molar-refractivity contribution >= 4 is 82.7 Å². The summed E-state index contributed by atoms with van der Waals surface area (Å²) in [6.07, 6.45) is 0. The predicted octanol–water partition coefficient (Wildman–Crippen LogP) is 2.34. The van der Waals surface area contributed by atoms with Gasteiger partial charge in [-0.15, -0.1) is 0 Å². The first kappa shape index (κ1) is 47.4. The van der Waals surface area contributed by atoms with Crippen molar-refractivity contribution in [1.82, 2.24) is 4.58 Å². The second kappa shape index (κ2) is 20.8. The van der Waals surface area contributed by atoms with Gasteiger partial charge in [0.05, 0.1) is 52.6 Å². The van der Waals surface area contributed by atoms with Crippen molar-refractivity contribution in [2.75, 3.05) is 55.5 Å². The van der Waals surface area contributed by atoms with Crippen molar-refractivity contribution in [2.24, 2.45) is 0 Å². The van der Waals surface area contributed by atoms with E-state index in [9.17, 15) is 35.2 Å². The Morgan fingerprint density at radius 2 is 1.59 bits per heavy atom. The van der Waals surface area contributed by atoms with E-state index in [1.165, 1.54) is 12.1 Å². The first-order valence-corrected chi connectivity index (χ1v) is 23.1. The molecule has 0 radical (unpaired) electrons. The lowest BCUT2D eigenvalue weighted by Crippen LogP contribution is -2.32. The van der Waals surface area contributed by atoms with Crippen LogP contribution in [-0.2, 0) is 59.2 Å². The number of rotatable bonds is 18. The first-order chi connectivity index (χ1) is 27.8. The number of sulfone groups is 2. The van der Waals surface area contributed by atoms with Gasteiger partial charge < -0.3 is 28.6 Å². The molecule has 2 aliphatic rings. The van der Waals surface area contributed by atoms with Crippen molar-refractivity contribution in [2.45, 2.75) is 11.8 Å². The minimum absolute atomic E-state index is 0.0163. The number of carboxylic acid groups (broad SMARTS) is 1. The Kier molecular flexibility index (Phi) is 16.7. The fraction of sp³-hybridized carbons (Fsp3) is 0.257. The Morgan fingerprint density at radius 1 is 0.898 bits per heavy atom. The highest BCUT2D eigenvalue weighted by Crippen LogP contribution is 2.42. The van der Waals surface area contributed by atoms with Crippen LogP contribution in [0.3, 0.4) is 0 Å². The minimum atomic E-state index is -4.77. The zero-order chi connectivity index (χ0) is 43.5. The van der Waals surface area contributed by atoms with E-state index in [4.69, 9.17) is 23.0 Å². The number of fused-ring (bicyclic) bond motifs is 2. The number of thiol groups is 1. The van der Waals surface area contributed by atoms with Gasteiger partial charge in [-0.05, 0) is 55.0 Å². The summed E-state index contributed by atoms with van der Waals surface area (Å²) in [5.74, 6) is -2.05. The highest BCUT2D eigenvalue weighted by molar-refractivity contribution is 7.91. The third kappa shape index (κ3) is 13.1. The SMILES string of the molecule is CCN(c1cccc(S(=O)(=O)CCOOS)c1)c1ccc2c(-c3ccccc3C(=O)O)c3ccc(=[N+](C)CCS(=O)(=O)CCOS(=O)(=O)O)cc-3oc2c1.O=S([O-])O[O-]. The predicted molar refractivity (Wildman–Crippen MR) is 215 cm³/mol. The van der Waals surface area contributed by atoms with Gasteiger partial charge in [-0.3, -0.25) is 4.55 Å². The number of hydrogen-bond donors (Lipinski definition) is 3. The van der Waals surface area contributed by atoms with Gasteiger partial charge >= 0.3 is 16.4 Å². The first-order valence-electron chi connectivity index (χ1n) is 16.9. The maximum atomic E-state index is 13.0. The third-order valence-electron chi connectivity index (χ3n) is 8.58. The summed E-state index contributed by atoms with van der Waals surface area (Å²) in [7, 11) is -10.6. The molecule has 1 unspecified atom stereocenters. The van der Waals surface area contributed by atoms with Gasteiger partial charge in [0.15, 0.2) is 26.2 Å². The van der Waals surface area contributed by atoms with Crippen LogP contribution in [0, 0.1) is 0 Å². The molecule has 5 rings (SSSR count). The second-order valence-electron chi connectivity index (χ2n) is 12.2. The van der Waals surface area contributed by atoms with Gasteiger partial charge in [0, 0.05) is 59.5 Å². The number of nitrogens with zero attached hydrogens (tertiary/aromatic N) is 2. The maximum Gasteiger partial charge on any atom is 0.397 e. The standard InChI is InChI=1S/C35H36N2O13S4.H2O4S/c1-3-37(25-7-6-8-27(21-25)53(42,43)20-16-47-50-51)26-12-14-31-33(23-26)49-32-22-24(36(2)15-18-52(40,41)19-17-48-54(44,45)46)11-13-30(32)34(31)28-9-4-5-10-29(28)35(38)39;1-4-5(2)3/h4-14,21-23H,3,15-20H2,1-2H3,(H2-,38,39,44,45,46,51);1H,(H,2,3)/p-1. The summed E-state index contributed by atoms with van der Waals surface area (Å²) in [5.41, 5.74) is 3.33. The molecule has 1 aliphatic carbocycles. The lowest BCUT2D eigenvalue weighted by molar-refractivity contribution is -0.635. The molecule has 0 bridgehead atoms. The Balaban J connectivity index is 0.00000145. The summed E-state index contributed by atoms with van der Waals surface area (Å²) in [6.45, 7) is 1.42. The molecule has 59 heavy (non-hydrogen) atoms. The Morgan fingerprint density at radius 3 is 2.24 bits per heavy atom. The van der Waals surface area contributed by atoms with Crippen LogP contribution in [0.4, 0.5) is 11.4 Å². The molecule has 3 aromatic rings. The number of hydrogen-bond acceptors (Lipinski definition) is 17. The van der Waals surface area contributed by atoms with Gasteiger partial charge in [-0.25, -0.2) is 39.5 Å². The summed E-state index contributed by atoms with van der Waals surface area (Å²) in [6, 6.07) is 23.7. The quantitative estimate of drug-likeness (QED) is 0.0131. The normalized spacial score (nSPS) is 13.1. The molecule has 1 atom stereocenters. The monoisotopic (exact) mass is 917 g/mol. The number of anilines is 2. The van der Waals surface area contributed by atoms with Crippen LogP contribution in [-0.4, -0.2) is 100 Å². The summed E-state index contributed by atoms with van der Waals surface area (Å²) < 4.78 is 118. The Hall–Kier alpha value is -4.31. The van der Waals surface area contributed by atoms with Crippen LogP contribution in [0.1, 0.15) is 17.3 Å². The second-order valence-corrected chi connectivity index (χ2v) is 18.4. The zero-order valence-electron chi connectivity index (χ0n) is 31.0. The molecule has 0 spiro atoms. The van der Waals surface area contributed by atoms with Crippen LogP contribution in [0.15, 0.2) is 94.2 Å². The molecule has 0 saturated carbocycles. The van der Waals surface area contributed by atoms with Crippen molar-refractivity contribution in [3.8, 4) is 22.5 Å². The van der Waals surface area contributed by atoms with Gasteiger partial charge in [-0.2, -0.15) is 12.8 Å². The van der Waals surface area contributed by atoms with Crippen LogP contribution in [0.2, 0.25) is 0 Å². The molecule has 1 heterocycles. The minimum Gasteiger partial charge on any atom is -0.750 e. The number of carboxylic acids is 1. The molecule has 0 amide bonds. The van der Waals surface area contributed by atoms with E-state index in [2.05, 4.69) is 30.6 Å². The molecular formula is C35H37N2O17S5-. The molecule has 19 nitrogen and oxygen atoms in total. The number of benzene rings is 4. The zero-order valence-corrected chi connectivity index (χ0v) is 35.2. The molecule has 1 aliphatic heterocycles. The van der Waals surface area contributed by atoms with Crippen molar-refractivity contribution in [3.05, 3.63) is 95.8 Å². The average Bonchev–Trinajstić information content (AvgIpc) is 3.19. The van der Waals surface area contributed by atoms with Crippen molar-refractivity contribution < 1.29 is 75.9 Å². The van der Waals surface area contributed by atoms with E-state index in [-0.39, 0.29) is 35.1 Å². The van der Waals surface area contributed by atoms with Crippen molar-refractivity contribution in [3.63, 3.8) is 0 Å². The molecule has 2 N–H and O–H groups in total.